The van der Waals surface area contributed by atoms with Crippen molar-refractivity contribution in [3.8, 4) is 17.6 Å². The number of rotatable bonds is 7. The molecule has 0 aromatic heterocycles. The van der Waals surface area contributed by atoms with Gasteiger partial charge >= 0.3 is 6.18 Å². The van der Waals surface area contributed by atoms with Gasteiger partial charge in [-0.25, -0.2) is 0 Å². The minimum Gasteiger partial charge on any atom is -0.493 e. The molecule has 0 unspecified atom stereocenters. The van der Waals surface area contributed by atoms with E-state index in [9.17, 15) is 23.2 Å². The molecule has 5 nitrogen and oxygen atoms in total. The van der Waals surface area contributed by atoms with Gasteiger partial charge in [0.1, 0.15) is 18.2 Å². The second-order valence-electron chi connectivity index (χ2n) is 7.00. The maximum absolute atomic E-state index is 12.9. The lowest BCUT2D eigenvalue weighted by Gasteiger charge is -2.14. The summed E-state index contributed by atoms with van der Waals surface area (Å²) in [7, 11) is 1.46. The van der Waals surface area contributed by atoms with Crippen LogP contribution < -0.4 is 14.8 Å². The normalized spacial score (nSPS) is 11.5. The highest BCUT2D eigenvalue weighted by Crippen LogP contribution is 2.34. The predicted molar refractivity (Wildman–Crippen MR) is 125 cm³/mol. The van der Waals surface area contributed by atoms with Crippen LogP contribution in [0.5, 0.6) is 11.5 Å². The van der Waals surface area contributed by atoms with Crippen molar-refractivity contribution in [2.45, 2.75) is 12.8 Å². The predicted octanol–water partition coefficient (Wildman–Crippen LogP) is 6.60. The summed E-state index contributed by atoms with van der Waals surface area (Å²) in [4.78, 5) is 12.6. The third-order valence-corrected chi connectivity index (χ3v) is 5.17. The van der Waals surface area contributed by atoms with Crippen LogP contribution in [0.2, 0.25) is 0 Å². The van der Waals surface area contributed by atoms with Crippen molar-refractivity contribution < 1.29 is 27.4 Å². The molecular formula is C25H18BrF3N2O3. The van der Waals surface area contributed by atoms with Crippen LogP contribution in [-0.2, 0) is 17.6 Å². The molecule has 0 saturated carbocycles. The number of hydrogen-bond donors (Lipinski definition) is 1. The van der Waals surface area contributed by atoms with E-state index in [-0.39, 0.29) is 17.9 Å². The number of nitrogens with zero attached hydrogens (tertiary/aromatic N) is 1. The Morgan fingerprint density at radius 1 is 1.12 bits per heavy atom. The molecule has 34 heavy (non-hydrogen) atoms. The maximum Gasteiger partial charge on any atom is 0.416 e. The van der Waals surface area contributed by atoms with Gasteiger partial charge in [-0.3, -0.25) is 4.79 Å². The molecule has 9 heteroatoms. The molecule has 0 spiro atoms. The Morgan fingerprint density at radius 2 is 1.82 bits per heavy atom. The molecule has 0 heterocycles. The number of carbonyl (C=O) groups excluding carboxylic acids is 1. The number of ether oxygens (including phenoxy) is 2. The zero-order chi connectivity index (χ0) is 24.7. The summed E-state index contributed by atoms with van der Waals surface area (Å²) in [6.07, 6.45) is -3.27. The van der Waals surface area contributed by atoms with Crippen LogP contribution in [0.25, 0.3) is 6.08 Å². The molecule has 0 fully saturated rings. The highest BCUT2D eigenvalue weighted by molar-refractivity contribution is 9.10. The summed E-state index contributed by atoms with van der Waals surface area (Å²) >= 11 is 3.37. The maximum atomic E-state index is 12.9. The molecule has 1 N–H and O–H groups in total. The minimum atomic E-state index is -4.56. The van der Waals surface area contributed by atoms with Gasteiger partial charge in [-0.15, -0.1) is 0 Å². The quantitative estimate of drug-likeness (QED) is 0.276. The lowest BCUT2D eigenvalue weighted by molar-refractivity contribution is -0.137. The molecule has 0 aliphatic carbocycles. The number of carbonyl (C=O) groups is 1. The summed E-state index contributed by atoms with van der Waals surface area (Å²) in [6.45, 7) is 0.201. The second kappa shape index (κ2) is 10.9. The average molecular weight is 531 g/mol. The van der Waals surface area contributed by atoms with E-state index in [1.807, 2.05) is 24.3 Å². The Morgan fingerprint density at radius 3 is 2.47 bits per heavy atom. The molecular weight excluding hydrogens is 513 g/mol. The summed E-state index contributed by atoms with van der Waals surface area (Å²) in [6, 6.07) is 18.4. The van der Waals surface area contributed by atoms with Crippen LogP contribution >= 0.6 is 15.9 Å². The Labute approximate surface area is 202 Å². The Kier molecular flexibility index (Phi) is 7.97. The summed E-state index contributed by atoms with van der Waals surface area (Å²) < 4.78 is 51.0. The van der Waals surface area contributed by atoms with Crippen molar-refractivity contribution in [1.29, 1.82) is 5.26 Å². The van der Waals surface area contributed by atoms with E-state index in [4.69, 9.17) is 9.47 Å². The standard InChI is InChI=1S/C25H18BrF3N2O3/c1-33-22-7-2-4-17(23(22)34-15-16-8-10-20(26)11-9-16)12-18(14-30)24(32)31-21-6-3-5-19(13-21)25(27,28)29/h2-13H,15H2,1H3,(H,31,32). The molecule has 0 radical (unpaired) electrons. The number of nitrogens with one attached hydrogen (secondary N) is 1. The van der Waals surface area contributed by atoms with Gasteiger partial charge in [-0.05, 0) is 48.0 Å². The van der Waals surface area contributed by atoms with Crippen molar-refractivity contribution in [2.75, 3.05) is 12.4 Å². The average Bonchev–Trinajstić information content (AvgIpc) is 2.82. The van der Waals surface area contributed by atoms with E-state index < -0.39 is 17.6 Å². The molecule has 0 atom stereocenters. The number of hydrogen-bond acceptors (Lipinski definition) is 4. The van der Waals surface area contributed by atoms with Gasteiger partial charge in [0.25, 0.3) is 5.91 Å². The lowest BCUT2D eigenvalue weighted by atomic mass is 10.1. The van der Waals surface area contributed by atoms with E-state index in [1.54, 1.807) is 24.3 Å². The number of benzene rings is 3. The first-order valence-electron chi connectivity index (χ1n) is 9.86. The van der Waals surface area contributed by atoms with E-state index in [0.29, 0.717) is 17.1 Å². The minimum absolute atomic E-state index is 0.0849. The van der Waals surface area contributed by atoms with Crippen LogP contribution in [-0.4, -0.2) is 13.0 Å². The van der Waals surface area contributed by atoms with Gasteiger partial charge < -0.3 is 14.8 Å². The number of alkyl halides is 3. The van der Waals surface area contributed by atoms with Crippen molar-refractivity contribution in [3.63, 3.8) is 0 Å². The number of anilines is 1. The Hall–Kier alpha value is -3.77. The monoisotopic (exact) mass is 530 g/mol. The first-order chi connectivity index (χ1) is 16.2. The molecule has 3 aromatic rings. The first-order valence-corrected chi connectivity index (χ1v) is 10.6. The van der Waals surface area contributed by atoms with Crippen molar-refractivity contribution in [2.24, 2.45) is 0 Å². The summed E-state index contributed by atoms with van der Waals surface area (Å²) in [5.41, 5.74) is -0.0410. The highest BCUT2D eigenvalue weighted by atomic mass is 79.9. The topological polar surface area (TPSA) is 71.3 Å². The van der Waals surface area contributed by atoms with Crippen molar-refractivity contribution in [1.82, 2.24) is 0 Å². The van der Waals surface area contributed by atoms with Gasteiger partial charge in [0.05, 0.1) is 12.7 Å². The third-order valence-electron chi connectivity index (χ3n) is 4.64. The number of para-hydroxylation sites is 1. The van der Waals surface area contributed by atoms with Gasteiger partial charge in [-0.2, -0.15) is 18.4 Å². The van der Waals surface area contributed by atoms with Crippen LogP contribution in [0.15, 0.2) is 76.8 Å². The van der Waals surface area contributed by atoms with Crippen LogP contribution in [0.1, 0.15) is 16.7 Å². The first kappa shape index (κ1) is 24.9. The molecule has 0 bridgehead atoms. The fourth-order valence-electron chi connectivity index (χ4n) is 2.97. The van der Waals surface area contributed by atoms with E-state index in [1.165, 1.54) is 25.3 Å². The third kappa shape index (κ3) is 6.39. The summed E-state index contributed by atoms with van der Waals surface area (Å²) in [5.74, 6) is -0.155. The number of nitriles is 1. The van der Waals surface area contributed by atoms with Crippen LogP contribution in [0.3, 0.4) is 0 Å². The number of halogens is 4. The molecule has 0 saturated heterocycles. The fourth-order valence-corrected chi connectivity index (χ4v) is 3.24. The van der Waals surface area contributed by atoms with E-state index in [2.05, 4.69) is 21.2 Å². The van der Waals surface area contributed by atoms with E-state index >= 15 is 0 Å². The Balaban J connectivity index is 1.87. The zero-order valence-electron chi connectivity index (χ0n) is 17.8. The molecule has 0 aliphatic heterocycles. The second-order valence-corrected chi connectivity index (χ2v) is 7.91. The Bertz CT molecular complexity index is 1250. The lowest BCUT2D eigenvalue weighted by Crippen LogP contribution is -2.14. The molecule has 3 rings (SSSR count). The van der Waals surface area contributed by atoms with Gasteiger partial charge in [0, 0.05) is 15.7 Å². The molecule has 3 aromatic carbocycles. The van der Waals surface area contributed by atoms with Gasteiger partial charge in [0.15, 0.2) is 11.5 Å². The van der Waals surface area contributed by atoms with Gasteiger partial charge in [-0.1, -0.05) is 46.3 Å². The van der Waals surface area contributed by atoms with E-state index in [0.717, 1.165) is 22.2 Å². The van der Waals surface area contributed by atoms with Crippen LogP contribution in [0.4, 0.5) is 18.9 Å². The smallest absolute Gasteiger partial charge is 0.416 e. The number of amides is 1. The number of methoxy groups -OCH3 is 1. The zero-order valence-corrected chi connectivity index (χ0v) is 19.4. The van der Waals surface area contributed by atoms with Gasteiger partial charge in [0.2, 0.25) is 0 Å². The SMILES string of the molecule is COc1cccc(C=C(C#N)C(=O)Nc2cccc(C(F)(F)F)c2)c1OCc1ccc(Br)cc1. The molecule has 1 amide bonds. The fraction of sp³-hybridized carbons (Fsp3) is 0.120. The summed E-state index contributed by atoms with van der Waals surface area (Å²) in [5, 5.41) is 11.9. The van der Waals surface area contributed by atoms with Crippen molar-refractivity contribution >= 4 is 33.6 Å². The largest absolute Gasteiger partial charge is 0.493 e. The van der Waals surface area contributed by atoms with Crippen LogP contribution in [0, 0.1) is 11.3 Å². The molecule has 174 valence electrons. The highest BCUT2D eigenvalue weighted by Gasteiger charge is 2.30. The van der Waals surface area contributed by atoms with Crippen molar-refractivity contribution in [3.05, 3.63) is 93.5 Å². The molecule has 0 aliphatic rings.